The molecule has 0 spiro atoms. The molecule has 4 aromatic heterocycles. The van der Waals surface area contributed by atoms with Gasteiger partial charge >= 0.3 is 0 Å². The van der Waals surface area contributed by atoms with E-state index in [2.05, 4.69) is 25.4 Å². The molecule has 0 aliphatic carbocycles. The molecule has 24 heavy (non-hydrogen) atoms. The van der Waals surface area contributed by atoms with Crippen LogP contribution in [0.2, 0.25) is 0 Å². The van der Waals surface area contributed by atoms with Gasteiger partial charge in [-0.1, -0.05) is 11.8 Å². The van der Waals surface area contributed by atoms with Gasteiger partial charge in [-0.25, -0.2) is 4.98 Å². The number of thioether (sulfide) groups is 1. The Morgan fingerprint density at radius 1 is 1.12 bits per heavy atom. The molecule has 122 valence electrons. The fourth-order valence-corrected chi connectivity index (χ4v) is 3.18. The first-order valence-corrected chi connectivity index (χ1v) is 8.85. The molecule has 0 radical (unpaired) electrons. The zero-order chi connectivity index (χ0) is 16.4. The maximum absolute atomic E-state index is 5.59. The highest BCUT2D eigenvalue weighted by molar-refractivity contribution is 7.98. The first kappa shape index (κ1) is 15.1. The van der Waals surface area contributed by atoms with Crippen molar-refractivity contribution in [1.82, 2.24) is 25.4 Å². The molecular formula is C14H11N5O3S2. The summed E-state index contributed by atoms with van der Waals surface area (Å²) in [7, 11) is 0. The highest BCUT2D eigenvalue weighted by atomic mass is 32.2. The maximum atomic E-state index is 5.59. The van der Waals surface area contributed by atoms with Gasteiger partial charge < -0.3 is 13.3 Å². The Kier molecular flexibility index (Phi) is 4.13. The van der Waals surface area contributed by atoms with Gasteiger partial charge in [0.05, 0.1) is 29.1 Å². The molecule has 4 rings (SSSR count). The minimum absolute atomic E-state index is 0.348. The topological polar surface area (TPSA) is 104 Å². The predicted octanol–water partition coefficient (Wildman–Crippen LogP) is 3.36. The van der Waals surface area contributed by atoms with Gasteiger partial charge in [-0.2, -0.15) is 0 Å². The van der Waals surface area contributed by atoms with Crippen molar-refractivity contribution in [1.29, 1.82) is 0 Å². The Morgan fingerprint density at radius 2 is 2.04 bits per heavy atom. The number of hydrogen-bond donors (Lipinski definition) is 0. The van der Waals surface area contributed by atoms with Crippen molar-refractivity contribution in [3.8, 4) is 11.7 Å². The van der Waals surface area contributed by atoms with E-state index in [9.17, 15) is 0 Å². The third kappa shape index (κ3) is 3.39. The Bertz CT molecular complexity index is 928. The molecule has 0 saturated heterocycles. The summed E-state index contributed by atoms with van der Waals surface area (Å²) in [6.07, 6.45) is 2.08. The Morgan fingerprint density at radius 3 is 2.83 bits per heavy atom. The van der Waals surface area contributed by atoms with E-state index in [4.69, 9.17) is 13.3 Å². The fraction of sp³-hybridized carbons (Fsp3) is 0.214. The lowest BCUT2D eigenvalue weighted by Crippen LogP contribution is -1.88. The van der Waals surface area contributed by atoms with E-state index in [-0.39, 0.29) is 0 Å². The molecule has 10 heteroatoms. The lowest BCUT2D eigenvalue weighted by atomic mass is 10.3. The van der Waals surface area contributed by atoms with Crippen LogP contribution in [0, 0.1) is 6.92 Å². The molecule has 0 unspecified atom stereocenters. The second-order valence-electron chi connectivity index (χ2n) is 4.76. The van der Waals surface area contributed by atoms with Crippen molar-refractivity contribution >= 4 is 23.1 Å². The van der Waals surface area contributed by atoms with Crippen LogP contribution in [0.3, 0.4) is 0 Å². The van der Waals surface area contributed by atoms with Crippen LogP contribution in [0.25, 0.3) is 11.7 Å². The number of aromatic nitrogens is 5. The Labute approximate surface area is 144 Å². The molecule has 0 fully saturated rings. The van der Waals surface area contributed by atoms with E-state index in [1.54, 1.807) is 29.7 Å². The summed E-state index contributed by atoms with van der Waals surface area (Å²) in [6.45, 7) is 1.96. The second-order valence-corrected chi connectivity index (χ2v) is 6.75. The average molecular weight is 361 g/mol. The normalized spacial score (nSPS) is 11.2. The van der Waals surface area contributed by atoms with Crippen molar-refractivity contribution in [3.63, 3.8) is 0 Å². The van der Waals surface area contributed by atoms with Crippen LogP contribution >= 0.6 is 23.1 Å². The zero-order valence-electron chi connectivity index (χ0n) is 12.5. The SMILES string of the molecule is Cc1nc(Cc2nnc(SCc3nnc(-c4ccco4)o3)o2)cs1. The van der Waals surface area contributed by atoms with Crippen molar-refractivity contribution < 1.29 is 13.3 Å². The van der Waals surface area contributed by atoms with Crippen molar-refractivity contribution in [2.45, 2.75) is 24.3 Å². The average Bonchev–Trinajstić information content (AvgIpc) is 3.34. The molecule has 0 saturated carbocycles. The van der Waals surface area contributed by atoms with Crippen LogP contribution in [0.5, 0.6) is 0 Å². The highest BCUT2D eigenvalue weighted by Gasteiger charge is 2.14. The van der Waals surface area contributed by atoms with Crippen LogP contribution in [0.4, 0.5) is 0 Å². The molecule has 4 aromatic rings. The Hall–Kier alpha value is -2.46. The number of rotatable bonds is 6. The molecule has 0 bridgehead atoms. The fourth-order valence-electron chi connectivity index (χ4n) is 1.95. The van der Waals surface area contributed by atoms with E-state index in [0.717, 1.165) is 10.7 Å². The number of nitrogens with zero attached hydrogens (tertiary/aromatic N) is 5. The number of furan rings is 1. The summed E-state index contributed by atoms with van der Waals surface area (Å²) in [6, 6.07) is 3.52. The molecule has 0 N–H and O–H groups in total. The van der Waals surface area contributed by atoms with Crippen LogP contribution in [-0.4, -0.2) is 25.4 Å². The number of thiazole rings is 1. The monoisotopic (exact) mass is 361 g/mol. The standard InChI is InChI=1S/C14H11N5O3S2/c1-8-15-9(6-23-8)5-11-16-19-14(22-11)24-7-12-17-18-13(21-12)10-3-2-4-20-10/h2-4,6H,5,7H2,1H3. The zero-order valence-corrected chi connectivity index (χ0v) is 14.1. The molecule has 0 amide bonds. The van der Waals surface area contributed by atoms with Gasteiger partial charge in [0.15, 0.2) is 5.76 Å². The van der Waals surface area contributed by atoms with E-state index in [1.165, 1.54) is 11.8 Å². The van der Waals surface area contributed by atoms with E-state index in [0.29, 0.717) is 40.8 Å². The molecule has 0 aliphatic heterocycles. The number of hydrogen-bond acceptors (Lipinski definition) is 10. The van der Waals surface area contributed by atoms with Crippen molar-refractivity contribution in [3.05, 3.63) is 46.3 Å². The number of aryl methyl sites for hydroxylation is 1. The van der Waals surface area contributed by atoms with Crippen LogP contribution in [0.1, 0.15) is 22.5 Å². The van der Waals surface area contributed by atoms with Gasteiger partial charge in [0.2, 0.25) is 11.8 Å². The van der Waals surface area contributed by atoms with Gasteiger partial charge in [-0.05, 0) is 19.1 Å². The summed E-state index contributed by atoms with van der Waals surface area (Å²) >= 11 is 2.93. The smallest absolute Gasteiger partial charge is 0.283 e. The quantitative estimate of drug-likeness (QED) is 0.478. The van der Waals surface area contributed by atoms with E-state index >= 15 is 0 Å². The minimum Gasteiger partial charge on any atom is -0.459 e. The summed E-state index contributed by atoms with van der Waals surface area (Å²) < 4.78 is 16.3. The van der Waals surface area contributed by atoms with Gasteiger partial charge in [0.25, 0.3) is 11.1 Å². The van der Waals surface area contributed by atoms with E-state index in [1.807, 2.05) is 12.3 Å². The van der Waals surface area contributed by atoms with Gasteiger partial charge in [-0.3, -0.25) is 0 Å². The van der Waals surface area contributed by atoms with Gasteiger partial charge in [0, 0.05) is 5.38 Å². The summed E-state index contributed by atoms with van der Waals surface area (Å²) in [4.78, 5) is 4.38. The molecule has 4 heterocycles. The molecular weight excluding hydrogens is 350 g/mol. The lowest BCUT2D eigenvalue weighted by Gasteiger charge is -1.91. The van der Waals surface area contributed by atoms with Crippen LogP contribution in [0.15, 0.2) is 42.3 Å². The van der Waals surface area contributed by atoms with E-state index < -0.39 is 0 Å². The maximum Gasteiger partial charge on any atom is 0.283 e. The largest absolute Gasteiger partial charge is 0.459 e. The first-order chi connectivity index (χ1) is 11.8. The first-order valence-electron chi connectivity index (χ1n) is 6.99. The highest BCUT2D eigenvalue weighted by Crippen LogP contribution is 2.24. The Balaban J connectivity index is 1.36. The van der Waals surface area contributed by atoms with Crippen molar-refractivity contribution in [2.24, 2.45) is 0 Å². The minimum atomic E-state index is 0.348. The molecule has 0 aliphatic rings. The molecule has 0 aromatic carbocycles. The second kappa shape index (κ2) is 6.57. The van der Waals surface area contributed by atoms with Crippen molar-refractivity contribution in [2.75, 3.05) is 0 Å². The predicted molar refractivity (Wildman–Crippen MR) is 85.5 cm³/mol. The van der Waals surface area contributed by atoms with Crippen LogP contribution < -0.4 is 0 Å². The third-order valence-electron chi connectivity index (χ3n) is 2.97. The molecule has 8 nitrogen and oxygen atoms in total. The third-order valence-corrected chi connectivity index (χ3v) is 4.59. The van der Waals surface area contributed by atoms with Gasteiger partial charge in [-0.15, -0.1) is 31.7 Å². The molecule has 0 atom stereocenters. The summed E-state index contributed by atoms with van der Waals surface area (Å²) in [5, 5.41) is 19.4. The summed E-state index contributed by atoms with van der Waals surface area (Å²) in [5.41, 5.74) is 0.928. The van der Waals surface area contributed by atoms with Gasteiger partial charge in [0.1, 0.15) is 0 Å². The lowest BCUT2D eigenvalue weighted by molar-refractivity contribution is 0.418. The summed E-state index contributed by atoms with van der Waals surface area (Å²) in [5.74, 6) is 2.31. The van der Waals surface area contributed by atoms with Crippen LogP contribution in [-0.2, 0) is 12.2 Å².